The normalized spacial score (nSPS) is 8.50. The third kappa shape index (κ3) is 1.11. The molecule has 3 heteroatoms. The highest BCUT2D eigenvalue weighted by Gasteiger charge is 1.79. The predicted molar refractivity (Wildman–Crippen MR) is 27.6 cm³/mol. The summed E-state index contributed by atoms with van der Waals surface area (Å²) in [6.07, 6.45) is 2.77. The summed E-state index contributed by atoms with van der Waals surface area (Å²) in [7, 11) is 0. The van der Waals surface area contributed by atoms with Crippen LogP contribution in [0.15, 0.2) is 30.6 Å². The molecule has 1 rings (SSSR count). The Labute approximate surface area is 46.2 Å². The fraction of sp³-hybridized carbons (Fsp3) is 0. The Morgan fingerprint density at radius 2 is 2.12 bits per heavy atom. The number of hydrogen-bond donors (Lipinski definition) is 0. The van der Waals surface area contributed by atoms with Crippen molar-refractivity contribution in [1.82, 2.24) is 5.10 Å². The van der Waals surface area contributed by atoms with Gasteiger partial charge in [-0.05, 0) is 6.07 Å². The van der Waals surface area contributed by atoms with Gasteiger partial charge in [-0.25, -0.2) is 0 Å². The van der Waals surface area contributed by atoms with Crippen LogP contribution in [0, 0.1) is 4.91 Å². The van der Waals surface area contributed by atoms with Crippen LogP contribution < -0.4 is 4.54 Å². The zero-order valence-corrected chi connectivity index (χ0v) is 4.19. The first-order valence-electron chi connectivity index (χ1n) is 2.23. The third-order valence-electron chi connectivity index (χ3n) is 0.702. The van der Waals surface area contributed by atoms with Gasteiger partial charge in [0.2, 0.25) is 0 Å². The minimum absolute atomic E-state index is 0.500. The number of hydrogen-bond acceptors (Lipinski definition) is 2. The highest BCUT2D eigenvalue weighted by atomic mass is 16.3. The van der Waals surface area contributed by atoms with Gasteiger partial charge in [0, 0.05) is 11.2 Å². The molecule has 1 heterocycles. The van der Waals surface area contributed by atoms with Gasteiger partial charge in [-0.1, -0.05) is 6.07 Å². The summed E-state index contributed by atoms with van der Waals surface area (Å²) in [6.45, 7) is 0. The number of rotatable bonds is 0. The van der Waals surface area contributed by atoms with Crippen molar-refractivity contribution in [1.29, 1.82) is 0 Å². The molecule has 0 fully saturated rings. The number of aromatic nitrogens is 2. The molecule has 1 aromatic heterocycles. The molecule has 0 saturated heterocycles. The second kappa shape index (κ2) is 2.16. The van der Waals surface area contributed by atoms with Crippen LogP contribution in [-0.4, -0.2) is 5.10 Å². The smallest absolute Gasteiger partial charge is 0.0543 e. The molecule has 0 amide bonds. The monoisotopic (exact) mass is 109 g/mol. The van der Waals surface area contributed by atoms with Crippen molar-refractivity contribution in [3.05, 3.63) is 35.5 Å². The molecule has 0 radical (unpaired) electrons. The molecule has 8 heavy (non-hydrogen) atoms. The molecule has 40 valence electrons. The lowest BCUT2D eigenvalue weighted by Gasteiger charge is -1.47. The summed E-state index contributed by atoms with van der Waals surface area (Å²) in [5.74, 6) is 0. The molecule has 0 aliphatic heterocycles. The first-order valence-corrected chi connectivity index (χ1v) is 2.23. The standard InChI is InChI=1S/C5H5N2O/c8-7-5-3-1-2-4-6-7/h1-5H/q+1. The molecule has 0 saturated carbocycles. The van der Waals surface area contributed by atoms with Crippen molar-refractivity contribution < 1.29 is 4.54 Å². The van der Waals surface area contributed by atoms with E-state index in [4.69, 9.17) is 0 Å². The van der Waals surface area contributed by atoms with Gasteiger partial charge in [0.1, 0.15) is 0 Å². The Morgan fingerprint density at radius 3 is 3.00 bits per heavy atom. The maximum atomic E-state index is 10.3. The van der Waals surface area contributed by atoms with Gasteiger partial charge >= 0.3 is 0 Å². The Morgan fingerprint density at radius 1 is 1.25 bits per heavy atom. The fourth-order valence-electron chi connectivity index (χ4n) is 0.380. The lowest BCUT2D eigenvalue weighted by Crippen LogP contribution is -2.13. The van der Waals surface area contributed by atoms with Crippen LogP contribution in [0.2, 0.25) is 0 Å². The van der Waals surface area contributed by atoms with Crippen molar-refractivity contribution >= 4 is 0 Å². The van der Waals surface area contributed by atoms with Gasteiger partial charge in [-0.3, -0.25) is 0 Å². The SMILES string of the molecule is O=[n+]1cccccn1. The maximum Gasteiger partial charge on any atom is 0.260 e. The van der Waals surface area contributed by atoms with Crippen molar-refractivity contribution in [2.75, 3.05) is 0 Å². The molecule has 0 aliphatic rings. The lowest BCUT2D eigenvalue weighted by molar-refractivity contribution is -0.563. The largest absolute Gasteiger partial charge is 0.260 e. The first kappa shape index (κ1) is 4.90. The number of nitrogens with zero attached hydrogens (tertiary/aromatic N) is 2. The second-order valence-electron chi connectivity index (χ2n) is 1.29. The van der Waals surface area contributed by atoms with E-state index in [1.165, 1.54) is 12.4 Å². The first-order chi connectivity index (χ1) is 3.89. The second-order valence-corrected chi connectivity index (χ2v) is 1.29. The summed E-state index contributed by atoms with van der Waals surface area (Å²) in [4.78, 5) is 10.3. The molecule has 1 aromatic rings. The summed E-state index contributed by atoms with van der Waals surface area (Å²) < 4.78 is 0.500. The topological polar surface area (TPSA) is 35.9 Å². The molecule has 0 spiro atoms. The van der Waals surface area contributed by atoms with E-state index in [0.717, 1.165) is 0 Å². The minimum atomic E-state index is 0.500. The van der Waals surface area contributed by atoms with Crippen LogP contribution in [-0.2, 0) is 0 Å². The van der Waals surface area contributed by atoms with Crippen molar-refractivity contribution in [2.45, 2.75) is 0 Å². The summed E-state index contributed by atoms with van der Waals surface area (Å²) in [5.41, 5.74) is 0. The van der Waals surface area contributed by atoms with E-state index in [0.29, 0.717) is 4.54 Å². The average molecular weight is 109 g/mol. The summed E-state index contributed by atoms with van der Waals surface area (Å²) >= 11 is 0. The Kier molecular flexibility index (Phi) is 1.32. The van der Waals surface area contributed by atoms with Gasteiger partial charge in [0.05, 0.1) is 11.1 Å². The zero-order valence-electron chi connectivity index (χ0n) is 4.19. The molecular formula is C5H5N2O+. The molecule has 0 atom stereocenters. The van der Waals surface area contributed by atoms with Gasteiger partial charge < -0.3 is 0 Å². The third-order valence-corrected chi connectivity index (χ3v) is 0.702. The maximum absolute atomic E-state index is 10.3. The van der Waals surface area contributed by atoms with Gasteiger partial charge in [-0.2, -0.15) is 0 Å². The van der Waals surface area contributed by atoms with E-state index in [-0.39, 0.29) is 0 Å². The van der Waals surface area contributed by atoms with Crippen LogP contribution in [0.3, 0.4) is 0 Å². The molecule has 0 aromatic carbocycles. The van der Waals surface area contributed by atoms with Gasteiger partial charge in [0.25, 0.3) is 6.20 Å². The predicted octanol–water partition coefficient (Wildman–Crippen LogP) is -0.00390. The minimum Gasteiger partial charge on any atom is -0.0543 e. The Balaban J connectivity index is 3.32. The highest BCUT2D eigenvalue weighted by Crippen LogP contribution is 1.68. The van der Waals surface area contributed by atoms with Gasteiger partial charge in [0.15, 0.2) is 4.54 Å². The Bertz CT molecular complexity index is 201. The molecule has 0 bridgehead atoms. The van der Waals surface area contributed by atoms with Crippen molar-refractivity contribution in [3.63, 3.8) is 0 Å². The van der Waals surface area contributed by atoms with E-state index in [1.54, 1.807) is 18.2 Å². The van der Waals surface area contributed by atoms with E-state index in [2.05, 4.69) is 5.10 Å². The summed E-state index contributed by atoms with van der Waals surface area (Å²) in [5, 5.41) is 3.40. The van der Waals surface area contributed by atoms with E-state index in [9.17, 15) is 4.91 Å². The molecule has 0 aliphatic carbocycles. The van der Waals surface area contributed by atoms with E-state index < -0.39 is 0 Å². The van der Waals surface area contributed by atoms with E-state index in [1.807, 2.05) is 0 Å². The zero-order chi connectivity index (χ0) is 5.82. The summed E-state index contributed by atoms with van der Waals surface area (Å²) in [6, 6.07) is 5.05. The van der Waals surface area contributed by atoms with Crippen LogP contribution in [0.5, 0.6) is 0 Å². The Hall–Kier alpha value is -1.25. The highest BCUT2D eigenvalue weighted by molar-refractivity contribution is 4.82. The van der Waals surface area contributed by atoms with Gasteiger partial charge in [-0.15, -0.1) is 0 Å². The molecule has 0 unspecified atom stereocenters. The van der Waals surface area contributed by atoms with Crippen LogP contribution >= 0.6 is 0 Å². The van der Waals surface area contributed by atoms with Crippen molar-refractivity contribution in [3.8, 4) is 0 Å². The van der Waals surface area contributed by atoms with E-state index >= 15 is 0 Å². The van der Waals surface area contributed by atoms with Crippen LogP contribution in [0.4, 0.5) is 0 Å². The van der Waals surface area contributed by atoms with Crippen molar-refractivity contribution in [2.24, 2.45) is 0 Å². The molecule has 0 N–H and O–H groups in total. The average Bonchev–Trinajstić information content (AvgIpc) is 1.94. The van der Waals surface area contributed by atoms with Crippen LogP contribution in [0.25, 0.3) is 0 Å². The fourth-order valence-corrected chi connectivity index (χ4v) is 0.380. The quantitative estimate of drug-likeness (QED) is 0.439. The molecule has 3 nitrogen and oxygen atoms in total. The lowest BCUT2D eigenvalue weighted by atomic mass is 10.6. The molecular weight excluding hydrogens is 104 g/mol. The van der Waals surface area contributed by atoms with Crippen LogP contribution in [0.1, 0.15) is 0 Å².